The Labute approximate surface area is 112 Å². The van der Waals surface area contributed by atoms with E-state index in [2.05, 4.69) is 19.2 Å². The summed E-state index contributed by atoms with van der Waals surface area (Å²) < 4.78 is 0. The molecule has 18 heavy (non-hydrogen) atoms. The summed E-state index contributed by atoms with van der Waals surface area (Å²) in [6, 6.07) is 0.286. The van der Waals surface area contributed by atoms with Crippen LogP contribution in [0.2, 0.25) is 0 Å². The zero-order chi connectivity index (χ0) is 13.4. The SMILES string of the molecule is CCCCCC(C)NC(=O)C1(CN)CCCCC1. The zero-order valence-corrected chi connectivity index (χ0v) is 12.1. The summed E-state index contributed by atoms with van der Waals surface area (Å²) in [7, 11) is 0. The van der Waals surface area contributed by atoms with Gasteiger partial charge in [-0.2, -0.15) is 0 Å². The normalized spacial score (nSPS) is 20.4. The number of carbonyl (C=O) groups excluding carboxylic acids is 1. The largest absolute Gasteiger partial charge is 0.353 e. The van der Waals surface area contributed by atoms with Gasteiger partial charge in [0.2, 0.25) is 5.91 Å². The highest BCUT2D eigenvalue weighted by atomic mass is 16.2. The van der Waals surface area contributed by atoms with Crippen LogP contribution in [-0.4, -0.2) is 18.5 Å². The highest BCUT2D eigenvalue weighted by Gasteiger charge is 2.38. The molecule has 3 heteroatoms. The van der Waals surface area contributed by atoms with Crippen LogP contribution in [0.3, 0.4) is 0 Å². The summed E-state index contributed by atoms with van der Waals surface area (Å²) in [6.07, 6.45) is 10.3. The summed E-state index contributed by atoms with van der Waals surface area (Å²) in [5, 5.41) is 3.18. The van der Waals surface area contributed by atoms with Gasteiger partial charge >= 0.3 is 0 Å². The van der Waals surface area contributed by atoms with Crippen molar-refractivity contribution in [3.63, 3.8) is 0 Å². The minimum absolute atomic E-state index is 0.202. The van der Waals surface area contributed by atoms with Gasteiger partial charge in [-0.05, 0) is 26.2 Å². The number of nitrogens with two attached hydrogens (primary N) is 1. The number of carbonyl (C=O) groups is 1. The molecule has 1 aliphatic rings. The highest BCUT2D eigenvalue weighted by Crippen LogP contribution is 2.35. The van der Waals surface area contributed by atoms with E-state index in [1.165, 1.54) is 25.7 Å². The first-order valence-corrected chi connectivity index (χ1v) is 7.65. The first-order valence-electron chi connectivity index (χ1n) is 7.65. The lowest BCUT2D eigenvalue weighted by Gasteiger charge is -2.35. The van der Waals surface area contributed by atoms with Gasteiger partial charge in [0.1, 0.15) is 0 Å². The zero-order valence-electron chi connectivity index (χ0n) is 12.1. The monoisotopic (exact) mass is 254 g/mol. The van der Waals surface area contributed by atoms with Gasteiger partial charge in [0, 0.05) is 12.6 Å². The first-order chi connectivity index (χ1) is 8.64. The van der Waals surface area contributed by atoms with Gasteiger partial charge in [0.25, 0.3) is 0 Å². The molecule has 1 saturated carbocycles. The van der Waals surface area contributed by atoms with E-state index in [1.54, 1.807) is 0 Å². The molecular formula is C15H30N2O. The Balaban J connectivity index is 2.41. The van der Waals surface area contributed by atoms with E-state index in [-0.39, 0.29) is 17.4 Å². The average Bonchev–Trinajstić information content (AvgIpc) is 2.39. The van der Waals surface area contributed by atoms with E-state index in [4.69, 9.17) is 5.73 Å². The van der Waals surface area contributed by atoms with Crippen LogP contribution >= 0.6 is 0 Å². The summed E-state index contributed by atoms with van der Waals surface area (Å²) in [5.41, 5.74) is 5.61. The number of nitrogens with one attached hydrogen (secondary N) is 1. The van der Waals surface area contributed by atoms with Crippen molar-refractivity contribution < 1.29 is 4.79 Å². The summed E-state index contributed by atoms with van der Waals surface area (Å²) in [5.74, 6) is 0.202. The molecular weight excluding hydrogens is 224 g/mol. The van der Waals surface area contributed by atoms with Gasteiger partial charge in [-0.15, -0.1) is 0 Å². The summed E-state index contributed by atoms with van der Waals surface area (Å²) in [4.78, 5) is 12.4. The standard InChI is InChI=1S/C15H30N2O/c1-3-4-6-9-13(2)17-14(18)15(12-16)10-7-5-8-11-15/h13H,3-12,16H2,1-2H3,(H,17,18). The van der Waals surface area contributed by atoms with Crippen molar-refractivity contribution in [2.24, 2.45) is 11.1 Å². The first kappa shape index (κ1) is 15.5. The summed E-state index contributed by atoms with van der Waals surface area (Å²) >= 11 is 0. The van der Waals surface area contributed by atoms with Crippen LogP contribution in [0.15, 0.2) is 0 Å². The second-order valence-electron chi connectivity index (χ2n) is 5.92. The van der Waals surface area contributed by atoms with Gasteiger partial charge < -0.3 is 11.1 Å². The number of rotatable bonds is 7. The number of hydrogen-bond donors (Lipinski definition) is 2. The number of unbranched alkanes of at least 4 members (excludes halogenated alkanes) is 2. The molecule has 1 rings (SSSR count). The molecule has 0 aromatic carbocycles. The van der Waals surface area contributed by atoms with Crippen LogP contribution in [0.5, 0.6) is 0 Å². The minimum Gasteiger partial charge on any atom is -0.353 e. The lowest BCUT2D eigenvalue weighted by molar-refractivity contribution is -0.133. The molecule has 0 aromatic heterocycles. The molecule has 0 spiro atoms. The molecule has 0 heterocycles. The van der Waals surface area contributed by atoms with Gasteiger partial charge in [-0.25, -0.2) is 0 Å². The number of amides is 1. The smallest absolute Gasteiger partial charge is 0.227 e. The van der Waals surface area contributed by atoms with Crippen molar-refractivity contribution >= 4 is 5.91 Å². The van der Waals surface area contributed by atoms with E-state index in [1.807, 2.05) is 0 Å². The van der Waals surface area contributed by atoms with Gasteiger partial charge in [0.15, 0.2) is 0 Å². The highest BCUT2D eigenvalue weighted by molar-refractivity contribution is 5.83. The van der Waals surface area contributed by atoms with Gasteiger partial charge in [0.05, 0.1) is 5.41 Å². The van der Waals surface area contributed by atoms with Crippen molar-refractivity contribution in [1.29, 1.82) is 0 Å². The molecule has 0 aliphatic heterocycles. The van der Waals surface area contributed by atoms with E-state index >= 15 is 0 Å². The molecule has 1 atom stereocenters. The Morgan fingerprint density at radius 3 is 2.50 bits per heavy atom. The van der Waals surface area contributed by atoms with E-state index in [0.717, 1.165) is 32.1 Å². The Kier molecular flexibility index (Phi) is 6.69. The third-order valence-corrected chi connectivity index (χ3v) is 4.30. The third-order valence-electron chi connectivity index (χ3n) is 4.30. The van der Waals surface area contributed by atoms with Crippen LogP contribution in [0.4, 0.5) is 0 Å². The maximum absolute atomic E-state index is 12.4. The van der Waals surface area contributed by atoms with Crippen LogP contribution in [0.25, 0.3) is 0 Å². The quantitative estimate of drug-likeness (QED) is 0.686. The van der Waals surface area contributed by atoms with E-state index in [0.29, 0.717) is 6.54 Å². The Morgan fingerprint density at radius 1 is 1.28 bits per heavy atom. The van der Waals surface area contributed by atoms with Crippen LogP contribution in [0, 0.1) is 5.41 Å². The van der Waals surface area contributed by atoms with Crippen molar-refractivity contribution in [2.45, 2.75) is 77.7 Å². The lowest BCUT2D eigenvalue weighted by atomic mass is 9.73. The van der Waals surface area contributed by atoms with E-state index < -0.39 is 0 Å². The molecule has 1 unspecified atom stereocenters. The number of hydrogen-bond acceptors (Lipinski definition) is 2. The summed E-state index contributed by atoms with van der Waals surface area (Å²) in [6.45, 7) is 4.82. The van der Waals surface area contributed by atoms with Crippen molar-refractivity contribution in [3.8, 4) is 0 Å². The fraction of sp³-hybridized carbons (Fsp3) is 0.933. The molecule has 0 bridgehead atoms. The molecule has 0 saturated heterocycles. The Hall–Kier alpha value is -0.570. The fourth-order valence-corrected chi connectivity index (χ4v) is 2.90. The second-order valence-corrected chi connectivity index (χ2v) is 5.92. The Bertz CT molecular complexity index is 247. The van der Waals surface area contributed by atoms with Crippen LogP contribution in [-0.2, 0) is 4.79 Å². The molecule has 0 aromatic rings. The van der Waals surface area contributed by atoms with Crippen LogP contribution < -0.4 is 11.1 Å². The molecule has 3 N–H and O–H groups in total. The molecule has 106 valence electrons. The molecule has 1 aliphatic carbocycles. The molecule has 0 radical (unpaired) electrons. The molecule has 1 fully saturated rings. The minimum atomic E-state index is -0.267. The third kappa shape index (κ3) is 4.27. The lowest BCUT2D eigenvalue weighted by Crippen LogP contribution is -2.49. The predicted octanol–water partition coefficient (Wildman–Crippen LogP) is 2.98. The van der Waals surface area contributed by atoms with Crippen molar-refractivity contribution in [2.75, 3.05) is 6.54 Å². The van der Waals surface area contributed by atoms with Gasteiger partial charge in [-0.3, -0.25) is 4.79 Å². The maximum atomic E-state index is 12.4. The van der Waals surface area contributed by atoms with E-state index in [9.17, 15) is 4.79 Å². The van der Waals surface area contributed by atoms with Gasteiger partial charge in [-0.1, -0.05) is 45.4 Å². The predicted molar refractivity (Wildman–Crippen MR) is 76.3 cm³/mol. The molecule has 1 amide bonds. The van der Waals surface area contributed by atoms with Crippen molar-refractivity contribution in [3.05, 3.63) is 0 Å². The average molecular weight is 254 g/mol. The van der Waals surface area contributed by atoms with Crippen LogP contribution in [0.1, 0.15) is 71.6 Å². The molecule has 3 nitrogen and oxygen atoms in total. The Morgan fingerprint density at radius 2 is 1.94 bits per heavy atom. The fourth-order valence-electron chi connectivity index (χ4n) is 2.90. The maximum Gasteiger partial charge on any atom is 0.227 e. The van der Waals surface area contributed by atoms with Crippen molar-refractivity contribution in [1.82, 2.24) is 5.32 Å². The second kappa shape index (κ2) is 7.78. The topological polar surface area (TPSA) is 55.1 Å².